The molecular weight excluding hydrogens is 292 g/mol. The zero-order valence-corrected chi connectivity index (χ0v) is 9.16. The van der Waals surface area contributed by atoms with Crippen LogP contribution in [0.4, 0.5) is 0 Å². The normalized spacial score (nSPS) is 1.00. The standard InChI is InChI=1S/Al.O.W.Zn. The molecule has 0 aromatic carbocycles. The van der Waals surface area contributed by atoms with Gasteiger partial charge in [0.1, 0.15) is 0 Å². The first-order valence-corrected chi connectivity index (χ1v) is 1.36. The molecule has 0 aliphatic heterocycles. The summed E-state index contributed by atoms with van der Waals surface area (Å²) in [6.07, 6.45) is 0. The van der Waals surface area contributed by atoms with Gasteiger partial charge in [-0.2, -0.15) is 0 Å². The van der Waals surface area contributed by atoms with Gasteiger partial charge in [0.15, 0.2) is 0 Å². The Morgan fingerprint density at radius 2 is 1.25 bits per heavy atom. The van der Waals surface area contributed by atoms with Gasteiger partial charge < -0.3 is 0 Å². The Kier molecular flexibility index (Phi) is 99.3. The third-order valence-electron chi connectivity index (χ3n) is 0. The molecule has 0 aliphatic carbocycles. The number of rotatable bonds is 0. The fourth-order valence-corrected chi connectivity index (χ4v) is 0. The zero-order chi connectivity index (χ0) is 2.00. The van der Waals surface area contributed by atoms with Gasteiger partial charge in [-0.25, -0.2) is 0 Å². The Labute approximate surface area is 59.6 Å². The van der Waals surface area contributed by atoms with E-state index in [1.807, 2.05) is 0 Å². The van der Waals surface area contributed by atoms with Crippen molar-refractivity contribution in [3.63, 3.8) is 0 Å². The summed E-state index contributed by atoms with van der Waals surface area (Å²) >= 11 is 0.333. The van der Waals surface area contributed by atoms with Crippen LogP contribution in [-0.2, 0) is 42.7 Å². The molecule has 0 rings (SSSR count). The topological polar surface area (TPSA) is 17.1 Å². The molecule has 4 heavy (non-hydrogen) atoms. The molecule has 0 amide bonds. The van der Waals surface area contributed by atoms with Crippen molar-refractivity contribution >= 4 is 17.4 Å². The second-order valence-corrected chi connectivity index (χ2v) is 0. The largest absolute Gasteiger partial charge is 0 e. The molecule has 0 saturated carbocycles. The monoisotopic (exact) mass is 291 g/mol. The first-order valence-electron chi connectivity index (χ1n) is 0.167. The van der Waals surface area contributed by atoms with Crippen LogP contribution in [0.5, 0.6) is 0 Å². The van der Waals surface area contributed by atoms with Crippen LogP contribution in [0, 0.1) is 0 Å². The van der Waals surface area contributed by atoms with Crippen molar-refractivity contribution in [3.8, 4) is 0 Å². The molecule has 0 bridgehead atoms. The minimum Gasteiger partial charge on any atom is 0 e. The van der Waals surface area contributed by atoms with E-state index in [1.165, 1.54) is 0 Å². The summed E-state index contributed by atoms with van der Waals surface area (Å²) in [6, 6.07) is 0. The van der Waals surface area contributed by atoms with Gasteiger partial charge in [0, 0.05) is 36.8 Å². The third-order valence-corrected chi connectivity index (χ3v) is 0. The van der Waals surface area contributed by atoms with Crippen LogP contribution in [0.2, 0.25) is 0 Å². The van der Waals surface area contributed by atoms with Crippen LogP contribution in [-0.4, -0.2) is 17.4 Å². The van der Waals surface area contributed by atoms with Crippen LogP contribution >= 0.6 is 0 Å². The maximum atomic E-state index is 8.33. The Bertz CT molecular complexity index is 8.00. The Hall–Kier alpha value is 1.64. The van der Waals surface area contributed by atoms with E-state index in [-0.39, 0.29) is 36.8 Å². The van der Waals surface area contributed by atoms with E-state index < -0.39 is 0 Å². The number of hydrogen-bond donors (Lipinski definition) is 0. The molecule has 0 aliphatic rings. The van der Waals surface area contributed by atoms with Crippen molar-refractivity contribution in [2.75, 3.05) is 0 Å². The fourth-order valence-electron chi connectivity index (χ4n) is 0. The SMILES string of the molecule is [Al].[O]=[W].[Zn]. The molecule has 0 fully saturated rings. The summed E-state index contributed by atoms with van der Waals surface area (Å²) < 4.78 is 8.33. The molecule has 4 heteroatoms. The van der Waals surface area contributed by atoms with Gasteiger partial charge >= 0.3 is 23.2 Å². The quantitative estimate of drug-likeness (QED) is 0.550. The van der Waals surface area contributed by atoms with E-state index in [0.717, 1.165) is 0 Å². The summed E-state index contributed by atoms with van der Waals surface area (Å²) in [7, 11) is 0. The molecule has 0 spiro atoms. The molecule has 3 radical (unpaired) electrons. The van der Waals surface area contributed by atoms with Crippen LogP contribution < -0.4 is 0 Å². The molecule has 0 atom stereocenters. The van der Waals surface area contributed by atoms with Crippen molar-refractivity contribution in [3.05, 3.63) is 0 Å². The maximum absolute atomic E-state index is 8.33. The summed E-state index contributed by atoms with van der Waals surface area (Å²) in [4.78, 5) is 0. The van der Waals surface area contributed by atoms with E-state index in [0.29, 0.717) is 19.8 Å². The van der Waals surface area contributed by atoms with Gasteiger partial charge in [-0.3, -0.25) is 0 Å². The van der Waals surface area contributed by atoms with E-state index >= 15 is 0 Å². The van der Waals surface area contributed by atoms with Crippen LogP contribution in [0.3, 0.4) is 0 Å². The van der Waals surface area contributed by atoms with E-state index in [9.17, 15) is 0 Å². The number of hydrogen-bond acceptors (Lipinski definition) is 1. The van der Waals surface area contributed by atoms with Crippen molar-refractivity contribution in [1.29, 1.82) is 0 Å². The molecular formula is AlOWZn. The maximum Gasteiger partial charge on any atom is 0 e. The van der Waals surface area contributed by atoms with E-state index in [1.54, 1.807) is 0 Å². The predicted molar refractivity (Wildman–Crippen MR) is 6.44 cm³/mol. The average molecular weight is 292 g/mol. The van der Waals surface area contributed by atoms with E-state index in [2.05, 4.69) is 0 Å². The average Bonchev–Trinajstić information content (AvgIpc) is 1.00. The summed E-state index contributed by atoms with van der Waals surface area (Å²) in [5.74, 6) is 0. The summed E-state index contributed by atoms with van der Waals surface area (Å²) in [6.45, 7) is 0. The Morgan fingerprint density at radius 1 is 1.25 bits per heavy atom. The second-order valence-electron chi connectivity index (χ2n) is 0. The molecule has 17 valence electrons. The molecule has 0 saturated heterocycles. The molecule has 0 unspecified atom stereocenters. The first-order chi connectivity index (χ1) is 1.00. The minimum absolute atomic E-state index is 0. The smallest absolute Gasteiger partial charge is 0 e. The second kappa shape index (κ2) is 22.8. The van der Waals surface area contributed by atoms with Crippen LogP contribution in [0.1, 0.15) is 0 Å². The van der Waals surface area contributed by atoms with Crippen LogP contribution in [0.25, 0.3) is 0 Å². The van der Waals surface area contributed by atoms with Crippen molar-refractivity contribution in [2.45, 2.75) is 0 Å². The fraction of sp³-hybridized carbons (Fsp3) is 0. The summed E-state index contributed by atoms with van der Waals surface area (Å²) in [5.41, 5.74) is 0. The van der Waals surface area contributed by atoms with Gasteiger partial charge in [-0.05, 0) is 0 Å². The minimum atomic E-state index is 0. The van der Waals surface area contributed by atoms with Crippen molar-refractivity contribution in [1.82, 2.24) is 0 Å². The van der Waals surface area contributed by atoms with Gasteiger partial charge in [-0.1, -0.05) is 0 Å². The van der Waals surface area contributed by atoms with Crippen molar-refractivity contribution < 1.29 is 42.7 Å². The van der Waals surface area contributed by atoms with Gasteiger partial charge in [0.2, 0.25) is 0 Å². The van der Waals surface area contributed by atoms with Gasteiger partial charge in [0.25, 0.3) is 0 Å². The van der Waals surface area contributed by atoms with Gasteiger partial charge in [-0.15, -0.1) is 0 Å². The zero-order valence-electron chi connectivity index (χ0n) is 2.10. The molecule has 0 aromatic rings. The molecule has 0 heterocycles. The van der Waals surface area contributed by atoms with Gasteiger partial charge in [0.05, 0.1) is 0 Å². The first kappa shape index (κ1) is 17.4. The van der Waals surface area contributed by atoms with Crippen LogP contribution in [0.15, 0.2) is 0 Å². The molecule has 1 nitrogen and oxygen atoms in total. The Balaban J connectivity index is -0.00000000500. The van der Waals surface area contributed by atoms with E-state index in [4.69, 9.17) is 3.40 Å². The predicted octanol–water partition coefficient (Wildman–Crippen LogP) is -0.505. The molecule has 0 aromatic heterocycles. The third kappa shape index (κ3) is 9.43. The van der Waals surface area contributed by atoms with Crippen molar-refractivity contribution in [2.24, 2.45) is 0 Å². The Morgan fingerprint density at radius 3 is 1.25 bits per heavy atom. The summed E-state index contributed by atoms with van der Waals surface area (Å²) in [5, 5.41) is 0. The molecule has 0 N–H and O–H groups in total.